The highest BCUT2D eigenvalue weighted by molar-refractivity contribution is 5.78. The number of H-pyrrole nitrogens is 2. The molecule has 1 aliphatic heterocycles. The van der Waals surface area contributed by atoms with Crippen molar-refractivity contribution in [2.45, 2.75) is 25.8 Å². The first-order chi connectivity index (χ1) is 10.9. The van der Waals surface area contributed by atoms with Crippen LogP contribution in [0.5, 0.6) is 0 Å². The van der Waals surface area contributed by atoms with Crippen LogP contribution in [0.15, 0.2) is 36.8 Å². The van der Waals surface area contributed by atoms with Crippen molar-refractivity contribution in [1.82, 2.24) is 25.1 Å². The van der Waals surface area contributed by atoms with Gasteiger partial charge >= 0.3 is 0 Å². The summed E-state index contributed by atoms with van der Waals surface area (Å²) in [5.41, 5.74) is 2.53. The molecular formula is C17H21N5. The first-order valence-corrected chi connectivity index (χ1v) is 7.99. The van der Waals surface area contributed by atoms with E-state index < -0.39 is 0 Å². The molecule has 22 heavy (non-hydrogen) atoms. The molecule has 1 atom stereocenters. The monoisotopic (exact) mass is 295 g/mol. The second-order valence-corrected chi connectivity index (χ2v) is 6.27. The number of fused-ring (bicyclic) bond motifs is 1. The predicted molar refractivity (Wildman–Crippen MR) is 86.4 cm³/mol. The van der Waals surface area contributed by atoms with Gasteiger partial charge < -0.3 is 4.98 Å². The van der Waals surface area contributed by atoms with E-state index >= 15 is 0 Å². The Morgan fingerprint density at radius 1 is 1.32 bits per heavy atom. The summed E-state index contributed by atoms with van der Waals surface area (Å²) in [5, 5.41) is 8.32. The zero-order valence-corrected chi connectivity index (χ0v) is 12.6. The summed E-state index contributed by atoms with van der Waals surface area (Å²) in [5.74, 6) is 1.80. The van der Waals surface area contributed by atoms with E-state index in [1.54, 1.807) is 0 Å². The van der Waals surface area contributed by atoms with Crippen LogP contribution >= 0.6 is 0 Å². The lowest BCUT2D eigenvalue weighted by Crippen LogP contribution is -2.36. The van der Waals surface area contributed by atoms with Gasteiger partial charge in [-0.3, -0.25) is 10.00 Å². The van der Waals surface area contributed by atoms with E-state index in [1.807, 2.05) is 18.6 Å². The van der Waals surface area contributed by atoms with Gasteiger partial charge in [-0.1, -0.05) is 6.07 Å². The Hall–Kier alpha value is -2.14. The number of aromatic nitrogens is 4. The lowest BCUT2D eigenvalue weighted by Gasteiger charge is -2.32. The molecule has 0 unspecified atom stereocenters. The molecule has 2 N–H and O–H groups in total. The number of nitrogens with one attached hydrogen (secondary N) is 2. The second-order valence-electron chi connectivity index (χ2n) is 6.27. The lowest BCUT2D eigenvalue weighted by atomic mass is 9.91. The molecule has 3 aromatic rings. The molecule has 2 aromatic heterocycles. The Bertz CT molecular complexity index is 730. The van der Waals surface area contributed by atoms with Gasteiger partial charge in [0.25, 0.3) is 0 Å². The molecule has 1 saturated heterocycles. The number of hydrogen-bond donors (Lipinski definition) is 2. The number of benzene rings is 1. The third kappa shape index (κ3) is 2.90. The van der Waals surface area contributed by atoms with Crippen LogP contribution < -0.4 is 0 Å². The number of piperidine rings is 1. The van der Waals surface area contributed by atoms with Crippen LogP contribution in [0, 0.1) is 5.92 Å². The van der Waals surface area contributed by atoms with Gasteiger partial charge in [0.15, 0.2) is 0 Å². The highest BCUT2D eigenvalue weighted by atomic mass is 15.2. The molecule has 114 valence electrons. The molecule has 5 heteroatoms. The summed E-state index contributed by atoms with van der Waals surface area (Å²) in [6.07, 6.45) is 9.38. The van der Waals surface area contributed by atoms with Crippen LogP contribution in [-0.4, -0.2) is 38.2 Å². The van der Waals surface area contributed by atoms with E-state index in [2.05, 4.69) is 43.3 Å². The zero-order chi connectivity index (χ0) is 14.8. The Morgan fingerprint density at radius 2 is 2.32 bits per heavy atom. The Balaban J connectivity index is 1.41. The molecule has 0 spiro atoms. The second kappa shape index (κ2) is 5.93. The van der Waals surface area contributed by atoms with E-state index in [9.17, 15) is 0 Å². The van der Waals surface area contributed by atoms with Crippen molar-refractivity contribution in [2.24, 2.45) is 5.92 Å². The SMILES string of the molecule is c1c[nH]c(CN2CCC[C@@H](Cc3ccc4[nH]ncc4c3)C2)n1. The predicted octanol–water partition coefficient (Wildman–Crippen LogP) is 2.74. The average Bonchev–Trinajstić information content (AvgIpc) is 3.18. The molecule has 1 fully saturated rings. The molecule has 1 aromatic carbocycles. The minimum Gasteiger partial charge on any atom is -0.348 e. The minimum atomic E-state index is 0.730. The van der Waals surface area contributed by atoms with Gasteiger partial charge in [-0.2, -0.15) is 5.10 Å². The Labute approximate surface area is 129 Å². The normalized spacial score (nSPS) is 19.7. The van der Waals surface area contributed by atoms with Crippen LogP contribution in [0.2, 0.25) is 0 Å². The van der Waals surface area contributed by atoms with E-state index in [4.69, 9.17) is 0 Å². The van der Waals surface area contributed by atoms with Gasteiger partial charge in [0.05, 0.1) is 18.3 Å². The van der Waals surface area contributed by atoms with Crippen molar-refractivity contribution in [3.63, 3.8) is 0 Å². The summed E-state index contributed by atoms with van der Waals surface area (Å²) in [6, 6.07) is 6.64. The first-order valence-electron chi connectivity index (χ1n) is 7.99. The molecule has 3 heterocycles. The van der Waals surface area contributed by atoms with Gasteiger partial charge in [0.2, 0.25) is 0 Å². The number of aromatic amines is 2. The van der Waals surface area contributed by atoms with Gasteiger partial charge in [0.1, 0.15) is 5.82 Å². The van der Waals surface area contributed by atoms with E-state index in [0.29, 0.717) is 0 Å². The number of hydrogen-bond acceptors (Lipinski definition) is 3. The number of imidazole rings is 1. The van der Waals surface area contributed by atoms with Crippen molar-refractivity contribution < 1.29 is 0 Å². The van der Waals surface area contributed by atoms with Crippen LogP contribution in [0.3, 0.4) is 0 Å². The fraction of sp³-hybridized carbons (Fsp3) is 0.412. The fourth-order valence-corrected chi connectivity index (χ4v) is 3.51. The summed E-state index contributed by atoms with van der Waals surface area (Å²) in [4.78, 5) is 10.1. The van der Waals surface area contributed by atoms with Crippen molar-refractivity contribution in [3.8, 4) is 0 Å². The standard InChI is InChI=1S/C17H21N5/c1-2-14(11-22(7-1)12-17-18-5-6-19-17)8-13-3-4-16-15(9-13)10-20-21-16/h3-6,9-10,14H,1-2,7-8,11-12H2,(H,18,19)(H,20,21)/t14-/m0/s1. The van der Waals surface area contributed by atoms with Crippen LogP contribution in [0.1, 0.15) is 24.2 Å². The van der Waals surface area contributed by atoms with E-state index in [0.717, 1.165) is 36.8 Å². The molecular weight excluding hydrogens is 274 g/mol. The van der Waals surface area contributed by atoms with Crippen molar-refractivity contribution in [2.75, 3.05) is 13.1 Å². The maximum absolute atomic E-state index is 4.34. The summed E-state index contributed by atoms with van der Waals surface area (Å²) >= 11 is 0. The molecule has 0 aliphatic carbocycles. The number of nitrogens with zero attached hydrogens (tertiary/aromatic N) is 3. The average molecular weight is 295 g/mol. The van der Waals surface area contributed by atoms with Crippen molar-refractivity contribution >= 4 is 10.9 Å². The van der Waals surface area contributed by atoms with E-state index in [1.165, 1.54) is 30.3 Å². The van der Waals surface area contributed by atoms with E-state index in [-0.39, 0.29) is 0 Å². The largest absolute Gasteiger partial charge is 0.348 e. The molecule has 1 aliphatic rings. The topological polar surface area (TPSA) is 60.6 Å². The van der Waals surface area contributed by atoms with Crippen LogP contribution in [0.4, 0.5) is 0 Å². The Kier molecular flexibility index (Phi) is 3.64. The van der Waals surface area contributed by atoms with Gasteiger partial charge in [-0.05, 0) is 49.4 Å². The first kappa shape index (κ1) is 13.5. The number of rotatable bonds is 4. The van der Waals surface area contributed by atoms with Gasteiger partial charge in [-0.15, -0.1) is 0 Å². The quantitative estimate of drug-likeness (QED) is 0.778. The summed E-state index contributed by atoms with van der Waals surface area (Å²) in [6.45, 7) is 3.27. The van der Waals surface area contributed by atoms with Crippen molar-refractivity contribution in [3.05, 3.63) is 48.2 Å². The maximum atomic E-state index is 4.34. The van der Waals surface area contributed by atoms with Crippen LogP contribution in [-0.2, 0) is 13.0 Å². The zero-order valence-electron chi connectivity index (χ0n) is 12.6. The Morgan fingerprint density at radius 3 is 3.23 bits per heavy atom. The third-order valence-corrected chi connectivity index (χ3v) is 4.56. The summed E-state index contributed by atoms with van der Waals surface area (Å²) in [7, 11) is 0. The third-order valence-electron chi connectivity index (χ3n) is 4.56. The van der Waals surface area contributed by atoms with Gasteiger partial charge in [0, 0.05) is 24.3 Å². The fourth-order valence-electron chi connectivity index (χ4n) is 3.51. The molecule has 0 saturated carbocycles. The number of likely N-dealkylation sites (tertiary alicyclic amines) is 1. The highest BCUT2D eigenvalue weighted by Gasteiger charge is 2.20. The molecule has 4 rings (SSSR count). The van der Waals surface area contributed by atoms with Gasteiger partial charge in [-0.25, -0.2) is 4.98 Å². The lowest BCUT2D eigenvalue weighted by molar-refractivity contribution is 0.164. The molecule has 0 radical (unpaired) electrons. The smallest absolute Gasteiger partial charge is 0.120 e. The van der Waals surface area contributed by atoms with Crippen molar-refractivity contribution in [1.29, 1.82) is 0 Å². The van der Waals surface area contributed by atoms with Crippen LogP contribution in [0.25, 0.3) is 10.9 Å². The highest BCUT2D eigenvalue weighted by Crippen LogP contribution is 2.23. The molecule has 0 amide bonds. The minimum absolute atomic E-state index is 0.730. The maximum Gasteiger partial charge on any atom is 0.120 e. The molecule has 0 bridgehead atoms. The summed E-state index contributed by atoms with van der Waals surface area (Å²) < 4.78 is 0. The molecule has 5 nitrogen and oxygen atoms in total.